The number of rotatable bonds is 6. The molecule has 0 unspecified atom stereocenters. The molecule has 1 aromatic rings. The first kappa shape index (κ1) is 13.3. The lowest BCUT2D eigenvalue weighted by Crippen LogP contribution is -2.11. The Morgan fingerprint density at radius 3 is 2.44 bits per heavy atom. The van der Waals surface area contributed by atoms with E-state index in [9.17, 15) is 14.7 Å². The second-order valence-corrected chi connectivity index (χ2v) is 5.59. The van der Waals surface area contributed by atoms with Crippen LogP contribution in [-0.4, -0.2) is 18.1 Å². The Balaban J connectivity index is 3.15. The molecule has 0 aromatic carbocycles. The highest BCUT2D eigenvalue weighted by atomic mass is 32.1. The molecule has 0 bridgehead atoms. The van der Waals surface area contributed by atoms with Crippen molar-refractivity contribution in [2.24, 2.45) is 0 Å². The molecule has 0 N–H and O–H groups in total. The van der Waals surface area contributed by atoms with E-state index in [2.05, 4.69) is 0 Å². The third-order valence-corrected chi connectivity index (χ3v) is 4.85. The summed E-state index contributed by atoms with van der Waals surface area (Å²) in [5.74, 6) is 0. The van der Waals surface area contributed by atoms with Gasteiger partial charge in [-0.2, -0.15) is 0 Å². The maximum atomic E-state index is 12.3. The predicted octanol–water partition coefficient (Wildman–Crippen LogP) is 2.55. The summed E-state index contributed by atoms with van der Waals surface area (Å²) in [5, 5.41) is 12.1. The Morgan fingerprint density at radius 2 is 2.00 bits per heavy atom. The molecule has 1 rings (SSSR count). The van der Waals surface area contributed by atoms with Gasteiger partial charge in [0.05, 0.1) is 18.1 Å². The zero-order valence-corrected chi connectivity index (χ0v) is 10.6. The molecule has 0 aliphatic carbocycles. The van der Waals surface area contributed by atoms with Crippen molar-refractivity contribution in [2.45, 2.75) is 13.8 Å². The van der Waals surface area contributed by atoms with Gasteiger partial charge in [-0.15, -0.1) is 0 Å². The highest BCUT2D eigenvalue weighted by Crippen LogP contribution is 2.50. The molecule has 0 radical (unpaired) electrons. The zero-order chi connectivity index (χ0) is 12.2. The van der Waals surface area contributed by atoms with Gasteiger partial charge in [0.15, 0.2) is 5.30 Å². The minimum Gasteiger partial charge on any atom is -0.305 e. The van der Waals surface area contributed by atoms with Gasteiger partial charge in [0, 0.05) is 0 Å². The SMILES string of the molecule is CCOP(=O)(OCC)c1ccsc1[N+](=O)[O-]. The monoisotopic (exact) mass is 265 g/mol. The van der Waals surface area contributed by atoms with Gasteiger partial charge < -0.3 is 9.05 Å². The van der Waals surface area contributed by atoms with E-state index >= 15 is 0 Å². The van der Waals surface area contributed by atoms with Crippen LogP contribution in [0.2, 0.25) is 0 Å². The average molecular weight is 265 g/mol. The lowest BCUT2D eigenvalue weighted by molar-refractivity contribution is -0.379. The number of thiophene rings is 1. The third kappa shape index (κ3) is 2.68. The maximum absolute atomic E-state index is 12.3. The summed E-state index contributed by atoms with van der Waals surface area (Å²) in [6.45, 7) is 3.66. The van der Waals surface area contributed by atoms with Gasteiger partial charge in [-0.25, -0.2) is 0 Å². The van der Waals surface area contributed by atoms with Gasteiger partial charge >= 0.3 is 12.6 Å². The molecule has 8 heteroatoms. The van der Waals surface area contributed by atoms with Crippen molar-refractivity contribution in [3.05, 3.63) is 21.6 Å². The molecule has 16 heavy (non-hydrogen) atoms. The molecule has 0 spiro atoms. The smallest absolute Gasteiger partial charge is 0.305 e. The summed E-state index contributed by atoms with van der Waals surface area (Å²) in [4.78, 5) is 10.1. The molecular weight excluding hydrogens is 253 g/mol. The maximum Gasteiger partial charge on any atom is 0.369 e. The summed E-state index contributed by atoms with van der Waals surface area (Å²) >= 11 is 0.905. The average Bonchev–Trinajstić information content (AvgIpc) is 2.67. The van der Waals surface area contributed by atoms with Gasteiger partial charge in [-0.3, -0.25) is 14.7 Å². The Morgan fingerprint density at radius 1 is 1.44 bits per heavy atom. The molecule has 0 aliphatic rings. The van der Waals surface area contributed by atoms with E-state index in [4.69, 9.17) is 9.05 Å². The third-order valence-electron chi connectivity index (χ3n) is 1.68. The standard InChI is InChI=1S/C8H12NO5PS/c1-3-13-15(12,14-4-2)7-5-6-16-8(7)9(10)11/h5-6H,3-4H2,1-2H3. The molecule has 0 saturated heterocycles. The van der Waals surface area contributed by atoms with Gasteiger partial charge in [0.25, 0.3) is 0 Å². The first-order valence-electron chi connectivity index (χ1n) is 4.66. The number of nitro groups is 1. The van der Waals surface area contributed by atoms with Crippen molar-refractivity contribution >= 4 is 29.2 Å². The number of hydrogen-bond donors (Lipinski definition) is 0. The topological polar surface area (TPSA) is 78.7 Å². The summed E-state index contributed by atoms with van der Waals surface area (Å²) in [6, 6.07) is 1.41. The minimum absolute atomic E-state index is 0.0335. The van der Waals surface area contributed by atoms with Gasteiger partial charge in [-0.1, -0.05) is 11.3 Å². The van der Waals surface area contributed by atoms with Crippen LogP contribution >= 0.6 is 18.9 Å². The Bertz CT molecular complexity index is 408. The van der Waals surface area contributed by atoms with Crippen LogP contribution in [0.15, 0.2) is 11.4 Å². The van der Waals surface area contributed by atoms with Crippen LogP contribution in [0.1, 0.15) is 13.8 Å². The zero-order valence-electron chi connectivity index (χ0n) is 8.91. The van der Waals surface area contributed by atoms with Crippen LogP contribution in [0, 0.1) is 10.1 Å². The second kappa shape index (κ2) is 5.54. The molecule has 1 heterocycles. The van der Waals surface area contributed by atoms with Gasteiger partial charge in [0.2, 0.25) is 0 Å². The fourth-order valence-electron chi connectivity index (χ4n) is 1.16. The fraction of sp³-hybridized carbons (Fsp3) is 0.500. The Kier molecular flexibility index (Phi) is 4.61. The molecular formula is C8H12NO5PS. The van der Waals surface area contributed by atoms with E-state index in [-0.39, 0.29) is 23.5 Å². The van der Waals surface area contributed by atoms with Crippen molar-refractivity contribution < 1.29 is 18.5 Å². The summed E-state index contributed by atoms with van der Waals surface area (Å²) in [6.07, 6.45) is 0. The van der Waals surface area contributed by atoms with Crippen molar-refractivity contribution in [3.8, 4) is 0 Å². The summed E-state index contributed by atoms with van der Waals surface area (Å²) in [5.41, 5.74) is 0. The highest BCUT2D eigenvalue weighted by Gasteiger charge is 2.35. The molecule has 6 nitrogen and oxygen atoms in total. The van der Waals surface area contributed by atoms with Crippen LogP contribution in [0.5, 0.6) is 0 Å². The lowest BCUT2D eigenvalue weighted by atomic mass is 10.6. The van der Waals surface area contributed by atoms with E-state index in [0.717, 1.165) is 11.3 Å². The Hall–Kier alpha value is -0.750. The van der Waals surface area contributed by atoms with E-state index < -0.39 is 12.5 Å². The van der Waals surface area contributed by atoms with Crippen molar-refractivity contribution in [3.63, 3.8) is 0 Å². The number of hydrogen-bond acceptors (Lipinski definition) is 6. The van der Waals surface area contributed by atoms with Crippen molar-refractivity contribution in [1.29, 1.82) is 0 Å². The number of nitrogens with zero attached hydrogens (tertiary/aromatic N) is 1. The fourth-order valence-corrected chi connectivity index (χ4v) is 3.96. The van der Waals surface area contributed by atoms with Crippen LogP contribution in [0.4, 0.5) is 5.00 Å². The normalized spacial score (nSPS) is 11.6. The molecule has 0 amide bonds. The first-order chi connectivity index (χ1) is 7.55. The van der Waals surface area contributed by atoms with Crippen LogP contribution < -0.4 is 5.30 Å². The van der Waals surface area contributed by atoms with Gasteiger partial charge in [-0.05, 0) is 25.3 Å². The van der Waals surface area contributed by atoms with Crippen molar-refractivity contribution in [2.75, 3.05) is 13.2 Å². The quantitative estimate of drug-likeness (QED) is 0.448. The van der Waals surface area contributed by atoms with E-state index in [1.54, 1.807) is 13.8 Å². The molecule has 0 aliphatic heterocycles. The Labute approximate surface area is 96.9 Å². The molecule has 0 fully saturated rings. The van der Waals surface area contributed by atoms with Gasteiger partial charge in [0.1, 0.15) is 0 Å². The highest BCUT2D eigenvalue weighted by molar-refractivity contribution is 7.63. The second-order valence-electron chi connectivity index (χ2n) is 2.70. The minimum atomic E-state index is -3.55. The first-order valence-corrected chi connectivity index (χ1v) is 7.09. The largest absolute Gasteiger partial charge is 0.369 e. The van der Waals surface area contributed by atoms with Crippen LogP contribution in [0.25, 0.3) is 0 Å². The molecule has 1 aromatic heterocycles. The van der Waals surface area contributed by atoms with E-state index in [0.29, 0.717) is 0 Å². The summed E-state index contributed by atoms with van der Waals surface area (Å²) in [7, 11) is -3.55. The van der Waals surface area contributed by atoms with Crippen molar-refractivity contribution in [1.82, 2.24) is 0 Å². The summed E-state index contributed by atoms with van der Waals surface area (Å²) < 4.78 is 22.3. The van der Waals surface area contributed by atoms with Crippen LogP contribution in [0.3, 0.4) is 0 Å². The van der Waals surface area contributed by atoms with E-state index in [1.807, 2.05) is 0 Å². The van der Waals surface area contributed by atoms with Crippen LogP contribution in [-0.2, 0) is 13.6 Å². The van der Waals surface area contributed by atoms with E-state index in [1.165, 1.54) is 11.4 Å². The molecule has 0 atom stereocenters. The molecule has 90 valence electrons. The molecule has 0 saturated carbocycles. The lowest BCUT2D eigenvalue weighted by Gasteiger charge is -2.14. The predicted molar refractivity (Wildman–Crippen MR) is 61.5 cm³/mol.